The van der Waals surface area contributed by atoms with Gasteiger partial charge in [-0.15, -0.1) is 0 Å². The number of carbonyl (C=O) groups excluding carboxylic acids is 1. The first-order chi connectivity index (χ1) is 8.27. The van der Waals surface area contributed by atoms with Gasteiger partial charge in [0.1, 0.15) is 5.78 Å². The van der Waals surface area contributed by atoms with E-state index in [0.717, 1.165) is 45.3 Å². The molecule has 0 aromatic heterocycles. The third-order valence-corrected chi connectivity index (χ3v) is 1.96. The van der Waals surface area contributed by atoms with Crippen molar-refractivity contribution in [3.8, 4) is 0 Å². The van der Waals surface area contributed by atoms with E-state index in [2.05, 4.69) is 6.92 Å². The van der Waals surface area contributed by atoms with Crippen molar-refractivity contribution in [1.29, 1.82) is 0 Å². The Kier molecular flexibility index (Phi) is 14.3. The van der Waals surface area contributed by atoms with Gasteiger partial charge in [0.15, 0.2) is 0 Å². The Bertz CT molecular complexity index is 278. The molecule has 0 aromatic carbocycles. The van der Waals surface area contributed by atoms with Crippen LogP contribution in [0.5, 0.6) is 0 Å². The van der Waals surface area contributed by atoms with Crippen LogP contribution in [0.15, 0.2) is 0 Å². The summed E-state index contributed by atoms with van der Waals surface area (Å²) in [5.74, 6) is 0.298. The van der Waals surface area contributed by atoms with Gasteiger partial charge >= 0.3 is 10.4 Å². The van der Waals surface area contributed by atoms with Gasteiger partial charge in [-0.1, -0.05) is 19.8 Å². The zero-order chi connectivity index (χ0) is 14.4. The van der Waals surface area contributed by atoms with Crippen LogP contribution < -0.4 is 0 Å². The van der Waals surface area contributed by atoms with Crippen LogP contribution in [0.1, 0.15) is 52.4 Å². The average molecular weight is 284 g/mol. The zero-order valence-corrected chi connectivity index (χ0v) is 11.9. The van der Waals surface area contributed by atoms with Crippen molar-refractivity contribution in [2.75, 3.05) is 13.2 Å². The number of hydrogen-bond donors (Lipinski definition) is 2. The third-order valence-electron chi connectivity index (χ3n) is 1.96. The Morgan fingerprint density at radius 2 is 1.56 bits per heavy atom. The summed E-state index contributed by atoms with van der Waals surface area (Å²) in [6, 6.07) is 0. The maximum Gasteiger partial charge on any atom is 0.394 e. The van der Waals surface area contributed by atoms with Gasteiger partial charge < -0.3 is 9.53 Å². The molecule has 110 valence electrons. The number of ether oxygens (including phenoxy) is 1. The van der Waals surface area contributed by atoms with E-state index in [0.29, 0.717) is 5.78 Å². The summed E-state index contributed by atoms with van der Waals surface area (Å²) in [6.45, 7) is 5.56. The second-order valence-corrected chi connectivity index (χ2v) is 4.82. The van der Waals surface area contributed by atoms with Crippen LogP contribution in [0, 0.1) is 0 Å². The van der Waals surface area contributed by atoms with E-state index in [1.807, 2.05) is 0 Å². The molecule has 0 rings (SSSR count). The highest BCUT2D eigenvalue weighted by Gasteiger charge is 1.93. The SMILES string of the molecule is CCCCOCCCCCC(C)=O.O=S(=O)(O)O. The molecule has 0 aromatic rings. The molecule has 6 nitrogen and oxygen atoms in total. The minimum absolute atomic E-state index is 0.298. The third kappa shape index (κ3) is 36.1. The highest BCUT2D eigenvalue weighted by molar-refractivity contribution is 7.79. The van der Waals surface area contributed by atoms with Crippen molar-refractivity contribution in [2.24, 2.45) is 0 Å². The molecule has 0 fully saturated rings. The predicted octanol–water partition coefficient (Wildman–Crippen LogP) is 2.30. The summed E-state index contributed by atoms with van der Waals surface area (Å²) in [4.78, 5) is 10.6. The van der Waals surface area contributed by atoms with Gasteiger partial charge in [0, 0.05) is 19.6 Å². The normalized spacial score (nSPS) is 10.7. The van der Waals surface area contributed by atoms with Crippen molar-refractivity contribution in [3.63, 3.8) is 0 Å². The Morgan fingerprint density at radius 3 is 2.00 bits per heavy atom. The first-order valence-corrected chi connectivity index (χ1v) is 7.44. The van der Waals surface area contributed by atoms with E-state index in [1.165, 1.54) is 6.42 Å². The fourth-order valence-corrected chi connectivity index (χ4v) is 1.10. The quantitative estimate of drug-likeness (QED) is 0.497. The van der Waals surface area contributed by atoms with Crippen molar-refractivity contribution >= 4 is 16.2 Å². The van der Waals surface area contributed by atoms with Crippen LogP contribution in [0.4, 0.5) is 0 Å². The first kappa shape index (κ1) is 19.8. The standard InChI is InChI=1S/C11H22O2.H2O4S/c1-3-4-9-13-10-7-5-6-8-11(2)12;1-5(2,3)4/h3-10H2,1-2H3;(H2,1,2,3,4). The molecule has 0 aliphatic carbocycles. The minimum Gasteiger partial charge on any atom is -0.381 e. The van der Waals surface area contributed by atoms with E-state index >= 15 is 0 Å². The Balaban J connectivity index is 0. The molecule has 2 N–H and O–H groups in total. The van der Waals surface area contributed by atoms with Crippen LogP contribution in [0.25, 0.3) is 0 Å². The lowest BCUT2D eigenvalue weighted by atomic mass is 10.1. The molecule has 0 radical (unpaired) electrons. The highest BCUT2D eigenvalue weighted by atomic mass is 32.3. The summed E-state index contributed by atoms with van der Waals surface area (Å²) < 4.78 is 37.0. The van der Waals surface area contributed by atoms with E-state index < -0.39 is 10.4 Å². The van der Waals surface area contributed by atoms with Crippen molar-refractivity contribution < 1.29 is 27.1 Å². The highest BCUT2D eigenvalue weighted by Crippen LogP contribution is 2.01. The van der Waals surface area contributed by atoms with Gasteiger partial charge in [-0.3, -0.25) is 9.11 Å². The van der Waals surface area contributed by atoms with Crippen molar-refractivity contribution in [2.45, 2.75) is 52.4 Å². The predicted molar refractivity (Wildman–Crippen MR) is 69.1 cm³/mol. The number of rotatable bonds is 9. The molecule has 0 atom stereocenters. The largest absolute Gasteiger partial charge is 0.394 e. The number of Topliss-reactive ketones (excluding diaryl/α,β-unsaturated/α-hetero) is 1. The van der Waals surface area contributed by atoms with E-state index in [1.54, 1.807) is 6.92 Å². The zero-order valence-electron chi connectivity index (χ0n) is 11.1. The monoisotopic (exact) mass is 284 g/mol. The van der Waals surface area contributed by atoms with Gasteiger partial charge in [0.05, 0.1) is 0 Å². The van der Waals surface area contributed by atoms with E-state index in [4.69, 9.17) is 22.3 Å². The van der Waals surface area contributed by atoms with Gasteiger partial charge in [-0.2, -0.15) is 8.42 Å². The molecule has 0 saturated heterocycles. The molecular formula is C11H24O6S. The fraction of sp³-hybridized carbons (Fsp3) is 0.909. The summed E-state index contributed by atoms with van der Waals surface area (Å²) >= 11 is 0. The van der Waals surface area contributed by atoms with E-state index in [-0.39, 0.29) is 0 Å². The number of unbranched alkanes of at least 4 members (excludes halogenated alkanes) is 3. The van der Waals surface area contributed by atoms with E-state index in [9.17, 15) is 4.79 Å². The molecule has 0 unspecified atom stereocenters. The summed E-state index contributed by atoms with van der Waals surface area (Å²) in [5, 5.41) is 0. The second-order valence-electron chi connectivity index (χ2n) is 3.93. The Morgan fingerprint density at radius 1 is 1.06 bits per heavy atom. The summed E-state index contributed by atoms with van der Waals surface area (Å²) in [6.07, 6.45) is 6.32. The lowest BCUT2D eigenvalue weighted by Gasteiger charge is -2.02. The van der Waals surface area contributed by atoms with Crippen LogP contribution in [-0.2, 0) is 19.9 Å². The van der Waals surface area contributed by atoms with Crippen LogP contribution in [-0.4, -0.2) is 36.5 Å². The lowest BCUT2D eigenvalue weighted by molar-refractivity contribution is -0.117. The molecule has 7 heteroatoms. The summed E-state index contributed by atoms with van der Waals surface area (Å²) in [5.41, 5.74) is 0. The fourth-order valence-electron chi connectivity index (χ4n) is 1.10. The molecule has 0 amide bonds. The lowest BCUT2D eigenvalue weighted by Crippen LogP contribution is -1.97. The molecule has 0 bridgehead atoms. The van der Waals surface area contributed by atoms with Gasteiger partial charge in [-0.05, 0) is 26.2 Å². The number of carbonyl (C=O) groups is 1. The van der Waals surface area contributed by atoms with Gasteiger partial charge in [-0.25, -0.2) is 0 Å². The Hall–Kier alpha value is -0.500. The topological polar surface area (TPSA) is 101 Å². The smallest absolute Gasteiger partial charge is 0.381 e. The van der Waals surface area contributed by atoms with Crippen LogP contribution >= 0.6 is 0 Å². The second kappa shape index (κ2) is 12.9. The molecule has 0 aliphatic heterocycles. The molecule has 0 aliphatic rings. The minimum atomic E-state index is -4.67. The van der Waals surface area contributed by atoms with Crippen molar-refractivity contribution in [1.82, 2.24) is 0 Å². The molecular weight excluding hydrogens is 260 g/mol. The number of ketones is 1. The molecule has 18 heavy (non-hydrogen) atoms. The van der Waals surface area contributed by atoms with Crippen LogP contribution in [0.3, 0.4) is 0 Å². The molecule has 0 spiro atoms. The first-order valence-electron chi connectivity index (χ1n) is 6.04. The summed E-state index contributed by atoms with van der Waals surface area (Å²) in [7, 11) is -4.67. The van der Waals surface area contributed by atoms with Crippen LogP contribution in [0.2, 0.25) is 0 Å². The van der Waals surface area contributed by atoms with Gasteiger partial charge in [0.25, 0.3) is 0 Å². The maximum absolute atomic E-state index is 10.6. The van der Waals surface area contributed by atoms with Crippen molar-refractivity contribution in [3.05, 3.63) is 0 Å². The molecule has 0 heterocycles. The average Bonchev–Trinajstić information content (AvgIpc) is 2.19. The van der Waals surface area contributed by atoms with Gasteiger partial charge in [0.2, 0.25) is 0 Å². The number of hydrogen-bond acceptors (Lipinski definition) is 4. The Labute approximate surface area is 109 Å². The molecule has 0 saturated carbocycles. The maximum atomic E-state index is 10.6.